The van der Waals surface area contributed by atoms with Crippen molar-refractivity contribution >= 4 is 30.7 Å². The molecule has 2 aliphatic heterocycles. The summed E-state index contributed by atoms with van der Waals surface area (Å²) in [6.07, 6.45) is 3.10. The fraction of sp³-hybridized carbons (Fsp3) is 0.941. The van der Waals surface area contributed by atoms with Crippen LogP contribution in [0.5, 0.6) is 0 Å². The minimum absolute atomic E-state index is 0. The first-order chi connectivity index (χ1) is 10.5. The van der Waals surface area contributed by atoms with Gasteiger partial charge in [0.15, 0.2) is 0 Å². The first-order valence-electron chi connectivity index (χ1n) is 8.81. The molecule has 0 spiro atoms. The van der Waals surface area contributed by atoms with E-state index in [4.69, 9.17) is 10.5 Å². The fourth-order valence-electron chi connectivity index (χ4n) is 4.00. The van der Waals surface area contributed by atoms with E-state index in [0.29, 0.717) is 0 Å². The zero-order valence-electron chi connectivity index (χ0n) is 15.2. The van der Waals surface area contributed by atoms with Gasteiger partial charge < -0.3 is 20.7 Å². The average Bonchev–Trinajstić information content (AvgIpc) is 2.46. The zero-order valence-corrected chi connectivity index (χ0v) is 16.8. The van der Waals surface area contributed by atoms with Crippen LogP contribution >= 0.6 is 24.8 Å². The van der Waals surface area contributed by atoms with Crippen molar-refractivity contribution in [3.8, 4) is 0 Å². The van der Waals surface area contributed by atoms with E-state index >= 15 is 0 Å². The number of piperidine rings is 1. The van der Waals surface area contributed by atoms with E-state index in [1.807, 2.05) is 0 Å². The monoisotopic (exact) mass is 383 g/mol. The van der Waals surface area contributed by atoms with Crippen molar-refractivity contribution in [2.24, 2.45) is 23.5 Å². The standard InChI is InChI=1S/C17H33N3O2.2ClH/c1-12-8-13(2)10-20(9-12)11-14(3)19-17(21)16(18)15-4-6-22-7-5-15;;/h12-16H,4-11,18H2,1-3H3,(H,19,21);2*1H. The number of nitrogens with one attached hydrogen (secondary N) is 1. The molecule has 0 saturated carbocycles. The number of nitrogens with two attached hydrogens (primary N) is 1. The molecule has 2 rings (SSSR count). The van der Waals surface area contributed by atoms with Crippen LogP contribution in [0.3, 0.4) is 0 Å². The molecule has 0 aromatic heterocycles. The highest BCUT2D eigenvalue weighted by Gasteiger charge is 2.28. The third-order valence-corrected chi connectivity index (χ3v) is 4.94. The number of carbonyl (C=O) groups excluding carboxylic acids is 1. The summed E-state index contributed by atoms with van der Waals surface area (Å²) in [5, 5.41) is 3.11. The molecule has 0 aromatic rings. The third-order valence-electron chi connectivity index (χ3n) is 4.94. The van der Waals surface area contributed by atoms with Crippen LogP contribution in [0, 0.1) is 17.8 Å². The van der Waals surface area contributed by atoms with Crippen LogP contribution in [-0.2, 0) is 9.53 Å². The lowest BCUT2D eigenvalue weighted by Gasteiger charge is -2.36. The Kier molecular flexibility index (Phi) is 11.5. The van der Waals surface area contributed by atoms with E-state index in [9.17, 15) is 4.79 Å². The number of hydrogen-bond donors (Lipinski definition) is 2. The lowest BCUT2D eigenvalue weighted by atomic mass is 9.91. The quantitative estimate of drug-likeness (QED) is 0.762. The zero-order chi connectivity index (χ0) is 16.1. The lowest BCUT2D eigenvalue weighted by Crippen LogP contribution is -2.52. The molecule has 24 heavy (non-hydrogen) atoms. The van der Waals surface area contributed by atoms with Gasteiger partial charge in [0, 0.05) is 38.9 Å². The topological polar surface area (TPSA) is 67.6 Å². The molecule has 3 N–H and O–H groups in total. The molecule has 2 saturated heterocycles. The van der Waals surface area contributed by atoms with Crippen LogP contribution in [0.4, 0.5) is 0 Å². The Morgan fingerprint density at radius 3 is 2.29 bits per heavy atom. The van der Waals surface area contributed by atoms with Crippen LogP contribution in [-0.4, -0.2) is 55.7 Å². The van der Waals surface area contributed by atoms with Gasteiger partial charge in [0.1, 0.15) is 0 Å². The molecule has 0 bridgehead atoms. The Labute approximate surface area is 159 Å². The highest BCUT2D eigenvalue weighted by Crippen LogP contribution is 2.21. The maximum atomic E-state index is 12.3. The minimum atomic E-state index is -0.398. The van der Waals surface area contributed by atoms with Gasteiger partial charge in [-0.3, -0.25) is 4.79 Å². The summed E-state index contributed by atoms with van der Waals surface area (Å²) in [6, 6.07) is -0.249. The van der Waals surface area contributed by atoms with Crippen molar-refractivity contribution in [2.45, 2.75) is 52.1 Å². The van der Waals surface area contributed by atoms with Crippen molar-refractivity contribution in [2.75, 3.05) is 32.8 Å². The number of nitrogens with zero attached hydrogens (tertiary/aromatic N) is 1. The summed E-state index contributed by atoms with van der Waals surface area (Å²) >= 11 is 0. The molecule has 0 aromatic carbocycles. The van der Waals surface area contributed by atoms with Crippen LogP contribution in [0.2, 0.25) is 0 Å². The Hall–Kier alpha value is -0.0700. The van der Waals surface area contributed by atoms with E-state index in [-0.39, 0.29) is 42.7 Å². The molecule has 0 aliphatic carbocycles. The summed E-state index contributed by atoms with van der Waals surface area (Å²) in [7, 11) is 0. The van der Waals surface area contributed by atoms with E-state index < -0.39 is 6.04 Å². The molecule has 7 heteroatoms. The van der Waals surface area contributed by atoms with Crippen LogP contribution < -0.4 is 11.1 Å². The Balaban J connectivity index is 0.00000264. The summed E-state index contributed by atoms with van der Waals surface area (Å²) in [5.41, 5.74) is 6.14. The smallest absolute Gasteiger partial charge is 0.237 e. The largest absolute Gasteiger partial charge is 0.381 e. The van der Waals surface area contributed by atoms with Gasteiger partial charge in [-0.2, -0.15) is 0 Å². The Bertz CT molecular complexity index is 358. The van der Waals surface area contributed by atoms with Crippen molar-refractivity contribution in [3.63, 3.8) is 0 Å². The number of ether oxygens (including phenoxy) is 1. The van der Waals surface area contributed by atoms with Gasteiger partial charge in [-0.1, -0.05) is 13.8 Å². The van der Waals surface area contributed by atoms with E-state index in [1.165, 1.54) is 6.42 Å². The minimum Gasteiger partial charge on any atom is -0.381 e. The number of rotatable bonds is 5. The van der Waals surface area contributed by atoms with Crippen molar-refractivity contribution in [1.29, 1.82) is 0 Å². The van der Waals surface area contributed by atoms with Crippen molar-refractivity contribution in [3.05, 3.63) is 0 Å². The summed E-state index contributed by atoms with van der Waals surface area (Å²) < 4.78 is 5.34. The SMILES string of the molecule is CC1CC(C)CN(CC(C)NC(=O)C(N)C2CCOCC2)C1.Cl.Cl. The molecule has 0 radical (unpaired) electrons. The average molecular weight is 384 g/mol. The predicted molar refractivity (Wildman–Crippen MR) is 103 cm³/mol. The van der Waals surface area contributed by atoms with Crippen LogP contribution in [0.25, 0.3) is 0 Å². The third kappa shape index (κ3) is 7.44. The van der Waals surface area contributed by atoms with Gasteiger partial charge in [0.05, 0.1) is 6.04 Å². The summed E-state index contributed by atoms with van der Waals surface area (Å²) in [6.45, 7) is 11.3. The maximum Gasteiger partial charge on any atom is 0.237 e. The highest BCUT2D eigenvalue weighted by molar-refractivity contribution is 5.85. The second-order valence-corrected chi connectivity index (χ2v) is 7.55. The molecule has 2 heterocycles. The molecule has 2 aliphatic rings. The molecule has 4 unspecified atom stereocenters. The molecular weight excluding hydrogens is 349 g/mol. The Morgan fingerprint density at radius 1 is 1.21 bits per heavy atom. The van der Waals surface area contributed by atoms with Crippen molar-refractivity contribution in [1.82, 2.24) is 10.2 Å². The first kappa shape index (κ1) is 23.9. The predicted octanol–water partition coefficient (Wildman–Crippen LogP) is 2.07. The first-order valence-corrected chi connectivity index (χ1v) is 8.81. The molecule has 2 fully saturated rings. The van der Waals surface area contributed by atoms with Gasteiger partial charge in [0.25, 0.3) is 0 Å². The van der Waals surface area contributed by atoms with Gasteiger partial charge in [-0.25, -0.2) is 0 Å². The lowest BCUT2D eigenvalue weighted by molar-refractivity contribution is -0.125. The normalized spacial score (nSPS) is 28.2. The van der Waals surface area contributed by atoms with Gasteiger partial charge in [-0.15, -0.1) is 24.8 Å². The summed E-state index contributed by atoms with van der Waals surface area (Å²) in [5.74, 6) is 1.75. The van der Waals surface area contributed by atoms with E-state index in [1.54, 1.807) is 0 Å². The number of amides is 1. The van der Waals surface area contributed by atoms with Crippen LogP contribution in [0.1, 0.15) is 40.0 Å². The molecule has 5 nitrogen and oxygen atoms in total. The number of carbonyl (C=O) groups is 1. The summed E-state index contributed by atoms with van der Waals surface area (Å²) in [4.78, 5) is 14.8. The number of hydrogen-bond acceptors (Lipinski definition) is 4. The van der Waals surface area contributed by atoms with Gasteiger partial charge >= 0.3 is 0 Å². The molecule has 1 amide bonds. The molecule has 4 atom stereocenters. The Morgan fingerprint density at radius 2 is 1.75 bits per heavy atom. The van der Waals surface area contributed by atoms with E-state index in [0.717, 1.165) is 57.5 Å². The molecule has 144 valence electrons. The maximum absolute atomic E-state index is 12.3. The second-order valence-electron chi connectivity index (χ2n) is 7.55. The number of likely N-dealkylation sites (tertiary alicyclic amines) is 1. The van der Waals surface area contributed by atoms with Gasteiger partial charge in [-0.05, 0) is 43.9 Å². The number of halogens is 2. The van der Waals surface area contributed by atoms with Crippen LogP contribution in [0.15, 0.2) is 0 Å². The highest BCUT2D eigenvalue weighted by atomic mass is 35.5. The van der Waals surface area contributed by atoms with E-state index in [2.05, 4.69) is 31.0 Å². The fourth-order valence-corrected chi connectivity index (χ4v) is 4.00. The van der Waals surface area contributed by atoms with Crippen molar-refractivity contribution < 1.29 is 9.53 Å². The second kappa shape index (κ2) is 11.5. The van der Waals surface area contributed by atoms with Gasteiger partial charge in [0.2, 0.25) is 5.91 Å². The molecular formula is C17H35Cl2N3O2.